The van der Waals surface area contributed by atoms with Gasteiger partial charge in [-0.3, -0.25) is 4.90 Å². The third kappa shape index (κ3) is 3.58. The molecule has 1 aromatic carbocycles. The van der Waals surface area contributed by atoms with Crippen molar-refractivity contribution >= 4 is 10.2 Å². The Labute approximate surface area is 122 Å². The second-order valence-electron chi connectivity index (χ2n) is 5.45. The van der Waals surface area contributed by atoms with Crippen molar-refractivity contribution in [3.05, 3.63) is 35.4 Å². The van der Waals surface area contributed by atoms with Gasteiger partial charge in [0.25, 0.3) is 10.2 Å². The Bertz CT molecular complexity index is 532. The molecule has 0 amide bonds. The van der Waals surface area contributed by atoms with E-state index >= 15 is 0 Å². The maximum atomic E-state index is 12.0. The van der Waals surface area contributed by atoms with Crippen LogP contribution in [0.3, 0.4) is 0 Å². The first-order chi connectivity index (χ1) is 9.39. The van der Waals surface area contributed by atoms with E-state index < -0.39 is 10.2 Å². The summed E-state index contributed by atoms with van der Waals surface area (Å²) in [5.41, 5.74) is 2.54. The third-order valence-corrected chi connectivity index (χ3v) is 5.59. The fourth-order valence-electron chi connectivity index (χ4n) is 2.30. The molecule has 1 aliphatic rings. The predicted molar refractivity (Wildman–Crippen MR) is 80.6 cm³/mol. The minimum Gasteiger partial charge on any atom is -0.296 e. The number of nitrogens with zero attached hydrogens (tertiary/aromatic N) is 3. The molecule has 1 saturated heterocycles. The van der Waals surface area contributed by atoms with Crippen molar-refractivity contribution < 1.29 is 8.42 Å². The summed E-state index contributed by atoms with van der Waals surface area (Å²) >= 11 is 0. The number of rotatable bonds is 4. The Morgan fingerprint density at radius 1 is 1.05 bits per heavy atom. The quantitative estimate of drug-likeness (QED) is 0.830. The zero-order valence-electron chi connectivity index (χ0n) is 12.4. The molecular weight excluding hydrogens is 274 g/mol. The lowest BCUT2D eigenvalue weighted by Gasteiger charge is -2.35. The maximum absolute atomic E-state index is 12.0. The van der Waals surface area contributed by atoms with Gasteiger partial charge < -0.3 is 0 Å². The van der Waals surface area contributed by atoms with E-state index in [2.05, 4.69) is 36.1 Å². The summed E-state index contributed by atoms with van der Waals surface area (Å²) in [5, 5.41) is 0. The van der Waals surface area contributed by atoms with Gasteiger partial charge in [-0.25, -0.2) is 0 Å². The standard InChI is InChI=1S/C14H23N3O2S/c1-13-4-6-14(7-5-13)12-16-8-10-17(11-9-16)20(18,19)15(2)3/h4-7H,8-12H2,1-3H3. The van der Waals surface area contributed by atoms with Gasteiger partial charge in [-0.2, -0.15) is 17.0 Å². The highest BCUT2D eigenvalue weighted by Gasteiger charge is 2.28. The van der Waals surface area contributed by atoms with Crippen LogP contribution in [0.2, 0.25) is 0 Å². The molecule has 0 aliphatic carbocycles. The van der Waals surface area contributed by atoms with Gasteiger partial charge in [0.05, 0.1) is 0 Å². The summed E-state index contributed by atoms with van der Waals surface area (Å²) in [7, 11) is -0.107. The van der Waals surface area contributed by atoms with Crippen molar-refractivity contribution in [2.45, 2.75) is 13.5 Å². The maximum Gasteiger partial charge on any atom is 0.281 e. The van der Waals surface area contributed by atoms with Crippen LogP contribution < -0.4 is 0 Å². The van der Waals surface area contributed by atoms with Crippen molar-refractivity contribution in [3.63, 3.8) is 0 Å². The van der Waals surface area contributed by atoms with Crippen LogP contribution in [0.25, 0.3) is 0 Å². The molecule has 20 heavy (non-hydrogen) atoms. The summed E-state index contributed by atoms with van der Waals surface area (Å²) in [4.78, 5) is 2.30. The van der Waals surface area contributed by atoms with E-state index in [1.54, 1.807) is 18.4 Å². The Balaban J connectivity index is 1.90. The molecule has 0 radical (unpaired) electrons. The zero-order valence-corrected chi connectivity index (χ0v) is 13.2. The van der Waals surface area contributed by atoms with E-state index in [0.717, 1.165) is 19.6 Å². The lowest BCUT2D eigenvalue weighted by atomic mass is 10.1. The highest BCUT2D eigenvalue weighted by Crippen LogP contribution is 2.13. The van der Waals surface area contributed by atoms with Gasteiger partial charge >= 0.3 is 0 Å². The molecule has 1 heterocycles. The lowest BCUT2D eigenvalue weighted by Crippen LogP contribution is -2.51. The molecule has 1 aliphatic heterocycles. The van der Waals surface area contributed by atoms with Gasteiger partial charge in [0, 0.05) is 46.8 Å². The van der Waals surface area contributed by atoms with Crippen LogP contribution in [0.1, 0.15) is 11.1 Å². The molecule has 5 nitrogen and oxygen atoms in total. The van der Waals surface area contributed by atoms with Crippen molar-refractivity contribution in [2.24, 2.45) is 0 Å². The van der Waals surface area contributed by atoms with Crippen LogP contribution in [0.4, 0.5) is 0 Å². The van der Waals surface area contributed by atoms with Crippen LogP contribution in [0.5, 0.6) is 0 Å². The molecule has 0 bridgehead atoms. The highest BCUT2D eigenvalue weighted by atomic mass is 32.2. The van der Waals surface area contributed by atoms with Gasteiger partial charge in [-0.05, 0) is 12.5 Å². The molecule has 1 fully saturated rings. The molecule has 0 saturated carbocycles. The summed E-state index contributed by atoms with van der Waals surface area (Å²) in [5.74, 6) is 0. The Hall–Kier alpha value is -0.950. The number of hydrogen-bond donors (Lipinski definition) is 0. The number of benzene rings is 1. The largest absolute Gasteiger partial charge is 0.296 e. The first-order valence-electron chi connectivity index (χ1n) is 6.85. The van der Waals surface area contributed by atoms with E-state index in [4.69, 9.17) is 0 Å². The van der Waals surface area contributed by atoms with Crippen molar-refractivity contribution in [3.8, 4) is 0 Å². The molecular formula is C14H23N3O2S. The molecule has 2 rings (SSSR count). The molecule has 0 aromatic heterocycles. The van der Waals surface area contributed by atoms with Gasteiger partial charge in [0.2, 0.25) is 0 Å². The van der Waals surface area contributed by atoms with E-state index in [1.165, 1.54) is 15.4 Å². The smallest absolute Gasteiger partial charge is 0.281 e. The van der Waals surface area contributed by atoms with E-state index in [-0.39, 0.29) is 0 Å². The van der Waals surface area contributed by atoms with Gasteiger partial charge in [0.15, 0.2) is 0 Å². The number of hydrogen-bond acceptors (Lipinski definition) is 3. The number of aryl methyl sites for hydroxylation is 1. The first kappa shape index (κ1) is 15.4. The first-order valence-corrected chi connectivity index (χ1v) is 8.25. The molecule has 1 aromatic rings. The highest BCUT2D eigenvalue weighted by molar-refractivity contribution is 7.86. The fourth-order valence-corrected chi connectivity index (χ4v) is 3.39. The summed E-state index contributed by atoms with van der Waals surface area (Å²) in [6.45, 7) is 5.64. The van der Waals surface area contributed by atoms with Crippen molar-refractivity contribution in [1.82, 2.24) is 13.5 Å². The predicted octanol–water partition coefficient (Wildman–Crippen LogP) is 0.919. The summed E-state index contributed by atoms with van der Waals surface area (Å²) < 4.78 is 26.9. The van der Waals surface area contributed by atoms with E-state index in [1.807, 2.05) is 0 Å². The van der Waals surface area contributed by atoms with Crippen LogP contribution in [0, 0.1) is 6.92 Å². The Morgan fingerprint density at radius 3 is 2.10 bits per heavy atom. The van der Waals surface area contributed by atoms with Crippen molar-refractivity contribution in [2.75, 3.05) is 40.3 Å². The van der Waals surface area contributed by atoms with E-state index in [0.29, 0.717) is 13.1 Å². The molecule has 0 atom stereocenters. The number of piperazine rings is 1. The molecule has 0 spiro atoms. The average Bonchev–Trinajstić information content (AvgIpc) is 2.42. The molecule has 0 unspecified atom stereocenters. The molecule has 6 heteroatoms. The van der Waals surface area contributed by atoms with Crippen LogP contribution in [-0.2, 0) is 16.8 Å². The Kier molecular flexibility index (Phi) is 4.80. The van der Waals surface area contributed by atoms with Gasteiger partial charge in [-0.1, -0.05) is 29.8 Å². The molecule has 0 N–H and O–H groups in total. The van der Waals surface area contributed by atoms with Crippen LogP contribution in [0.15, 0.2) is 24.3 Å². The van der Waals surface area contributed by atoms with E-state index in [9.17, 15) is 8.42 Å². The van der Waals surface area contributed by atoms with Gasteiger partial charge in [0.1, 0.15) is 0 Å². The topological polar surface area (TPSA) is 43.9 Å². The monoisotopic (exact) mass is 297 g/mol. The third-order valence-electron chi connectivity index (χ3n) is 3.65. The minimum atomic E-state index is -3.26. The van der Waals surface area contributed by atoms with Crippen LogP contribution >= 0.6 is 0 Å². The summed E-state index contributed by atoms with van der Waals surface area (Å²) in [6, 6.07) is 8.50. The SMILES string of the molecule is Cc1ccc(CN2CCN(S(=O)(=O)N(C)C)CC2)cc1. The summed E-state index contributed by atoms with van der Waals surface area (Å²) in [6.07, 6.45) is 0. The van der Waals surface area contributed by atoms with Gasteiger partial charge in [-0.15, -0.1) is 0 Å². The zero-order chi connectivity index (χ0) is 14.8. The second-order valence-corrected chi connectivity index (χ2v) is 7.59. The van der Waals surface area contributed by atoms with Crippen molar-refractivity contribution in [1.29, 1.82) is 0 Å². The molecule has 112 valence electrons. The average molecular weight is 297 g/mol. The Morgan fingerprint density at radius 2 is 1.60 bits per heavy atom. The lowest BCUT2D eigenvalue weighted by molar-refractivity contribution is 0.177. The second kappa shape index (κ2) is 6.22. The normalized spacial score (nSPS) is 18.6. The van der Waals surface area contributed by atoms with Crippen LogP contribution in [-0.4, -0.2) is 62.2 Å². The minimum absolute atomic E-state index is 0.562. The fraction of sp³-hybridized carbons (Fsp3) is 0.571.